The van der Waals surface area contributed by atoms with Crippen LogP contribution in [0, 0.1) is 12.8 Å². The van der Waals surface area contributed by atoms with Gasteiger partial charge in [-0.3, -0.25) is 0 Å². The molecule has 1 saturated heterocycles. The van der Waals surface area contributed by atoms with Crippen molar-refractivity contribution in [3.63, 3.8) is 0 Å². The molecule has 1 aliphatic rings. The van der Waals surface area contributed by atoms with Crippen LogP contribution in [0.2, 0.25) is 0 Å². The minimum atomic E-state index is 0.0319. The highest BCUT2D eigenvalue weighted by atomic mass is 15.4. The molecule has 26 heavy (non-hydrogen) atoms. The molecule has 0 atom stereocenters. The fraction of sp³-hybridized carbons (Fsp3) is 0.500. The normalized spacial score (nSPS) is 15.3. The summed E-state index contributed by atoms with van der Waals surface area (Å²) in [7, 11) is 0. The summed E-state index contributed by atoms with van der Waals surface area (Å²) in [5.74, 6) is 3.15. The highest BCUT2D eigenvalue weighted by Crippen LogP contribution is 2.25. The number of hydrogen-bond donors (Lipinski definition) is 1. The molecule has 0 radical (unpaired) electrons. The Kier molecular flexibility index (Phi) is 3.97. The molecule has 0 aliphatic carbocycles. The molecule has 136 valence electrons. The number of rotatable bonds is 4. The smallest absolute Gasteiger partial charge is 0.178 e. The van der Waals surface area contributed by atoms with Crippen molar-refractivity contribution in [3.05, 3.63) is 35.8 Å². The number of anilines is 2. The van der Waals surface area contributed by atoms with Crippen LogP contribution in [-0.4, -0.2) is 49.6 Å². The van der Waals surface area contributed by atoms with E-state index in [1.807, 2.05) is 19.1 Å². The van der Waals surface area contributed by atoms with Gasteiger partial charge < -0.3 is 10.2 Å². The first-order valence-corrected chi connectivity index (χ1v) is 8.92. The topological polar surface area (TPSA) is 84.1 Å². The second-order valence-corrected chi connectivity index (χ2v) is 7.91. The number of hydrogen-bond acceptors (Lipinski definition) is 7. The van der Waals surface area contributed by atoms with Crippen LogP contribution in [0.4, 0.5) is 11.6 Å². The van der Waals surface area contributed by atoms with E-state index in [-0.39, 0.29) is 5.41 Å². The van der Waals surface area contributed by atoms with E-state index < -0.39 is 0 Å². The number of aryl methyl sites for hydroxylation is 1. The maximum absolute atomic E-state index is 4.52. The van der Waals surface area contributed by atoms with E-state index >= 15 is 0 Å². The van der Waals surface area contributed by atoms with Gasteiger partial charge in [-0.1, -0.05) is 20.8 Å². The predicted molar refractivity (Wildman–Crippen MR) is 100 cm³/mol. The van der Waals surface area contributed by atoms with Crippen LogP contribution < -0.4 is 10.2 Å². The third-order valence-corrected chi connectivity index (χ3v) is 4.69. The average molecular weight is 352 g/mol. The van der Waals surface area contributed by atoms with E-state index in [1.165, 1.54) is 0 Å². The third-order valence-electron chi connectivity index (χ3n) is 4.69. The van der Waals surface area contributed by atoms with Gasteiger partial charge in [-0.2, -0.15) is 9.61 Å². The van der Waals surface area contributed by atoms with Crippen molar-refractivity contribution in [3.8, 4) is 0 Å². The highest BCUT2D eigenvalue weighted by Gasteiger charge is 2.28. The first kappa shape index (κ1) is 16.7. The first-order chi connectivity index (χ1) is 12.4. The fourth-order valence-electron chi connectivity index (χ4n) is 3.02. The van der Waals surface area contributed by atoms with E-state index in [1.54, 1.807) is 4.52 Å². The van der Waals surface area contributed by atoms with Crippen LogP contribution in [0.5, 0.6) is 0 Å². The lowest BCUT2D eigenvalue weighted by Gasteiger charge is -2.40. The molecular weight excluding hydrogens is 328 g/mol. The van der Waals surface area contributed by atoms with Gasteiger partial charge in [0, 0.05) is 31.0 Å². The Morgan fingerprint density at radius 2 is 1.85 bits per heavy atom. The van der Waals surface area contributed by atoms with E-state index in [4.69, 9.17) is 0 Å². The van der Waals surface area contributed by atoms with E-state index in [0.717, 1.165) is 48.4 Å². The van der Waals surface area contributed by atoms with Gasteiger partial charge in [0.1, 0.15) is 5.82 Å². The Morgan fingerprint density at radius 3 is 2.54 bits per heavy atom. The Hall–Kier alpha value is -2.77. The molecular formula is C18H24N8. The summed E-state index contributed by atoms with van der Waals surface area (Å²) in [4.78, 5) is 2.26. The lowest BCUT2D eigenvalue weighted by molar-refractivity contribution is 0.424. The third kappa shape index (κ3) is 3.18. The number of nitrogens with zero attached hydrogens (tertiary/aromatic N) is 7. The Morgan fingerprint density at radius 1 is 1.04 bits per heavy atom. The summed E-state index contributed by atoms with van der Waals surface area (Å²) in [6.07, 6.45) is 0. The summed E-state index contributed by atoms with van der Waals surface area (Å²) in [6, 6.07) is 8.02. The van der Waals surface area contributed by atoms with Crippen molar-refractivity contribution in [2.45, 2.75) is 33.1 Å². The maximum Gasteiger partial charge on any atom is 0.178 e. The molecule has 4 rings (SSSR count). The van der Waals surface area contributed by atoms with Gasteiger partial charge in [0.15, 0.2) is 17.3 Å². The molecule has 1 N–H and O–H groups in total. The molecule has 1 aliphatic heterocycles. The molecule has 0 unspecified atom stereocenters. The Bertz CT molecular complexity index is 903. The summed E-state index contributed by atoms with van der Waals surface area (Å²) in [5, 5.41) is 24.8. The maximum atomic E-state index is 4.52. The lowest BCUT2D eigenvalue weighted by atomic mass is 9.92. The number of fused-ring (bicyclic) bond motifs is 1. The molecule has 4 heterocycles. The molecule has 8 heteroatoms. The molecule has 3 aromatic heterocycles. The van der Waals surface area contributed by atoms with Crippen molar-refractivity contribution >= 4 is 17.3 Å². The van der Waals surface area contributed by atoms with Crippen molar-refractivity contribution in [1.82, 2.24) is 30.0 Å². The minimum absolute atomic E-state index is 0.0319. The number of aromatic nitrogens is 6. The fourth-order valence-corrected chi connectivity index (χ4v) is 3.02. The zero-order valence-corrected chi connectivity index (χ0v) is 15.6. The summed E-state index contributed by atoms with van der Waals surface area (Å²) in [6.45, 7) is 11.2. The molecule has 1 fully saturated rings. The van der Waals surface area contributed by atoms with Gasteiger partial charge in [0.05, 0.1) is 5.69 Å². The highest BCUT2D eigenvalue weighted by molar-refractivity contribution is 5.45. The molecule has 0 aromatic carbocycles. The second-order valence-electron chi connectivity index (χ2n) is 7.91. The van der Waals surface area contributed by atoms with Crippen molar-refractivity contribution in [1.29, 1.82) is 0 Å². The SMILES string of the molecule is Cc1nnc2ccc(NCC3CN(c4ccc(C(C)(C)C)nn4)C3)nn12. The van der Waals surface area contributed by atoms with Crippen LogP contribution in [0.15, 0.2) is 24.3 Å². The van der Waals surface area contributed by atoms with Gasteiger partial charge in [-0.15, -0.1) is 20.4 Å². The quantitative estimate of drug-likeness (QED) is 0.769. The van der Waals surface area contributed by atoms with Crippen LogP contribution in [-0.2, 0) is 5.41 Å². The second kappa shape index (κ2) is 6.19. The van der Waals surface area contributed by atoms with Gasteiger partial charge in [0.2, 0.25) is 0 Å². The molecule has 0 amide bonds. The van der Waals surface area contributed by atoms with E-state index in [2.05, 4.69) is 68.6 Å². The van der Waals surface area contributed by atoms with E-state index in [0.29, 0.717) is 5.92 Å². The predicted octanol–water partition coefficient (Wildman–Crippen LogP) is 2.07. The van der Waals surface area contributed by atoms with Crippen LogP contribution in [0.25, 0.3) is 5.65 Å². The molecule has 0 saturated carbocycles. The standard InChI is InChI=1S/C18H24N8/c1-12-20-23-17-8-6-15(24-26(12)17)19-9-13-10-25(11-13)16-7-5-14(21-22-16)18(2,3)4/h5-8,13H,9-11H2,1-4H3,(H,19,24). The van der Waals surface area contributed by atoms with Crippen molar-refractivity contribution in [2.24, 2.45) is 5.92 Å². The van der Waals surface area contributed by atoms with E-state index in [9.17, 15) is 0 Å². The molecule has 8 nitrogen and oxygen atoms in total. The zero-order valence-electron chi connectivity index (χ0n) is 15.6. The summed E-state index contributed by atoms with van der Waals surface area (Å²) in [5.41, 5.74) is 1.82. The van der Waals surface area contributed by atoms with Crippen LogP contribution in [0.1, 0.15) is 32.3 Å². The Balaban J connectivity index is 1.31. The lowest BCUT2D eigenvalue weighted by Crippen LogP contribution is -2.50. The largest absolute Gasteiger partial charge is 0.368 e. The van der Waals surface area contributed by atoms with Crippen molar-refractivity contribution in [2.75, 3.05) is 29.9 Å². The summed E-state index contributed by atoms with van der Waals surface area (Å²) < 4.78 is 1.75. The zero-order chi connectivity index (χ0) is 18.3. The van der Waals surface area contributed by atoms with Gasteiger partial charge >= 0.3 is 0 Å². The molecule has 0 bridgehead atoms. The number of nitrogens with one attached hydrogen (secondary N) is 1. The van der Waals surface area contributed by atoms with Crippen LogP contribution in [0.3, 0.4) is 0 Å². The first-order valence-electron chi connectivity index (χ1n) is 8.92. The van der Waals surface area contributed by atoms with Gasteiger partial charge in [-0.25, -0.2) is 0 Å². The van der Waals surface area contributed by atoms with Crippen LogP contribution >= 0.6 is 0 Å². The monoisotopic (exact) mass is 352 g/mol. The molecule has 3 aromatic rings. The summed E-state index contributed by atoms with van der Waals surface area (Å²) >= 11 is 0. The Labute approximate surface area is 152 Å². The minimum Gasteiger partial charge on any atom is -0.368 e. The molecule has 0 spiro atoms. The van der Waals surface area contributed by atoms with Gasteiger partial charge in [0.25, 0.3) is 0 Å². The average Bonchev–Trinajstić information content (AvgIpc) is 2.94. The van der Waals surface area contributed by atoms with Gasteiger partial charge in [-0.05, 0) is 31.2 Å². The van der Waals surface area contributed by atoms with Crippen molar-refractivity contribution < 1.29 is 0 Å².